The van der Waals surface area contributed by atoms with Crippen LogP contribution in [0.25, 0.3) is 11.0 Å². The lowest BCUT2D eigenvalue weighted by Gasteiger charge is -2.30. The highest BCUT2D eigenvalue weighted by molar-refractivity contribution is 5.95. The number of halogens is 1. The Labute approximate surface area is 204 Å². The van der Waals surface area contributed by atoms with Gasteiger partial charge in [-0.15, -0.1) is 0 Å². The van der Waals surface area contributed by atoms with E-state index in [1.54, 1.807) is 22.9 Å². The van der Waals surface area contributed by atoms with Crippen LogP contribution in [-0.4, -0.2) is 75.9 Å². The minimum absolute atomic E-state index is 0.0145. The van der Waals surface area contributed by atoms with Crippen LogP contribution in [0.15, 0.2) is 35.4 Å². The Balaban J connectivity index is 1.09. The first-order valence-electron chi connectivity index (χ1n) is 11.8. The number of carbonyl (C=O) groups excluding carboxylic acids is 1. The molecule has 1 saturated heterocycles. The van der Waals surface area contributed by atoms with E-state index in [1.165, 1.54) is 6.07 Å². The molecular formula is C24H25FN6O5. The standard InChI is InChI=1S/C24H25FN6O5/c25-16-6-28-17-1-2-22(34)31-15(11-36-24(16)23(17)31)9-30-8-13(19(32)10-30)4-26-5-14-3-18-20(7-27-14)35-12-21(33)29-18/h1-3,6-7,13,15,19,26,32H,4-5,8-12H2,(H,29,33)/t13-,15+,19-/m0/s1. The first kappa shape index (κ1) is 22.8. The summed E-state index contributed by atoms with van der Waals surface area (Å²) >= 11 is 0. The Morgan fingerprint density at radius 2 is 2.08 bits per heavy atom. The molecule has 0 bridgehead atoms. The van der Waals surface area contributed by atoms with Crippen molar-refractivity contribution in [1.82, 2.24) is 24.8 Å². The Hall–Kier alpha value is -3.61. The van der Waals surface area contributed by atoms with Crippen molar-refractivity contribution >= 4 is 22.6 Å². The molecule has 0 aromatic carbocycles. The van der Waals surface area contributed by atoms with Gasteiger partial charge in [-0.2, -0.15) is 0 Å². The molecule has 36 heavy (non-hydrogen) atoms. The maximum Gasteiger partial charge on any atom is 0.262 e. The van der Waals surface area contributed by atoms with Gasteiger partial charge in [-0.25, -0.2) is 4.39 Å². The summed E-state index contributed by atoms with van der Waals surface area (Å²) in [6, 6.07) is 4.46. The first-order valence-corrected chi connectivity index (χ1v) is 11.8. The molecule has 3 N–H and O–H groups in total. The van der Waals surface area contributed by atoms with E-state index in [2.05, 4.69) is 25.5 Å². The van der Waals surface area contributed by atoms with Crippen LogP contribution in [0.5, 0.6) is 11.5 Å². The van der Waals surface area contributed by atoms with Crippen molar-refractivity contribution in [1.29, 1.82) is 0 Å². The van der Waals surface area contributed by atoms with Gasteiger partial charge >= 0.3 is 0 Å². The molecular weight excluding hydrogens is 471 g/mol. The van der Waals surface area contributed by atoms with Crippen molar-refractivity contribution in [2.45, 2.75) is 18.7 Å². The Morgan fingerprint density at radius 3 is 2.97 bits per heavy atom. The summed E-state index contributed by atoms with van der Waals surface area (Å²) in [7, 11) is 0. The minimum Gasteiger partial charge on any atom is -0.486 e. The number of aromatic nitrogens is 3. The molecule has 3 atom stereocenters. The molecule has 12 heteroatoms. The number of β-amino-alcohol motifs (C(OH)–C–C–N with tert-alkyl or cyclic N) is 1. The summed E-state index contributed by atoms with van der Waals surface area (Å²) < 4.78 is 26.9. The highest BCUT2D eigenvalue weighted by atomic mass is 19.1. The first-order chi connectivity index (χ1) is 17.5. The molecule has 0 aliphatic carbocycles. The van der Waals surface area contributed by atoms with E-state index >= 15 is 0 Å². The number of pyridine rings is 3. The van der Waals surface area contributed by atoms with Crippen LogP contribution < -0.4 is 25.7 Å². The number of nitrogens with zero attached hydrogens (tertiary/aromatic N) is 4. The summed E-state index contributed by atoms with van der Waals surface area (Å²) in [6.07, 6.45) is 2.15. The smallest absolute Gasteiger partial charge is 0.262 e. The van der Waals surface area contributed by atoms with Gasteiger partial charge in [0.05, 0.1) is 41.4 Å². The average Bonchev–Trinajstić information content (AvgIpc) is 3.21. The SMILES string of the molecule is O=C1COc2cnc(CNC[C@H]3CN(C[C@@H]4COc5c(F)cnc6ccc(=O)n4c56)C[C@@H]3O)cc2N1. The summed E-state index contributed by atoms with van der Waals surface area (Å²) in [5, 5.41) is 16.7. The van der Waals surface area contributed by atoms with Gasteiger partial charge in [-0.05, 0) is 12.1 Å². The second kappa shape index (κ2) is 9.12. The molecule has 0 radical (unpaired) electrons. The van der Waals surface area contributed by atoms with Gasteiger partial charge in [-0.1, -0.05) is 0 Å². The van der Waals surface area contributed by atoms with Crippen LogP contribution in [0.2, 0.25) is 0 Å². The number of aliphatic hydroxyl groups excluding tert-OH is 1. The van der Waals surface area contributed by atoms with E-state index in [1.807, 2.05) is 0 Å². The molecule has 188 valence electrons. The third-order valence-electron chi connectivity index (χ3n) is 6.86. The van der Waals surface area contributed by atoms with Crippen molar-refractivity contribution in [2.24, 2.45) is 5.92 Å². The van der Waals surface area contributed by atoms with Gasteiger partial charge < -0.3 is 25.2 Å². The van der Waals surface area contributed by atoms with Crippen molar-refractivity contribution in [3.63, 3.8) is 0 Å². The Kier molecular flexibility index (Phi) is 5.78. The van der Waals surface area contributed by atoms with Gasteiger partial charge in [0.2, 0.25) is 0 Å². The number of ether oxygens (including phenoxy) is 2. The second-order valence-corrected chi connectivity index (χ2v) is 9.36. The van der Waals surface area contributed by atoms with E-state index in [9.17, 15) is 19.1 Å². The fourth-order valence-electron chi connectivity index (χ4n) is 5.16. The van der Waals surface area contributed by atoms with Crippen LogP contribution in [0.3, 0.4) is 0 Å². The number of hydrogen-bond donors (Lipinski definition) is 3. The van der Waals surface area contributed by atoms with Crippen molar-refractivity contribution in [2.75, 3.05) is 44.7 Å². The number of anilines is 1. The van der Waals surface area contributed by atoms with Crippen molar-refractivity contribution in [3.8, 4) is 11.5 Å². The molecule has 3 aromatic rings. The van der Waals surface area contributed by atoms with E-state index in [-0.39, 0.29) is 42.4 Å². The highest BCUT2D eigenvalue weighted by Gasteiger charge is 2.34. The molecule has 3 aromatic heterocycles. The monoisotopic (exact) mass is 496 g/mol. The number of fused-ring (bicyclic) bond motifs is 1. The molecule has 11 nitrogen and oxygen atoms in total. The zero-order valence-corrected chi connectivity index (χ0v) is 19.3. The van der Waals surface area contributed by atoms with Crippen molar-refractivity contribution in [3.05, 3.63) is 52.5 Å². The third-order valence-corrected chi connectivity index (χ3v) is 6.86. The van der Waals surface area contributed by atoms with Gasteiger partial charge in [0, 0.05) is 44.7 Å². The Morgan fingerprint density at radius 1 is 1.19 bits per heavy atom. The molecule has 6 rings (SSSR count). The fourth-order valence-corrected chi connectivity index (χ4v) is 5.16. The number of rotatable bonds is 6. The minimum atomic E-state index is -0.591. The zero-order chi connectivity index (χ0) is 24.8. The second-order valence-electron chi connectivity index (χ2n) is 9.36. The number of nitrogens with one attached hydrogen (secondary N) is 2. The van der Waals surface area contributed by atoms with E-state index in [0.29, 0.717) is 55.2 Å². The van der Waals surface area contributed by atoms with E-state index in [0.717, 1.165) is 11.9 Å². The molecule has 1 amide bonds. The summed E-state index contributed by atoms with van der Waals surface area (Å²) in [4.78, 5) is 34.8. The number of amides is 1. The molecule has 3 aliphatic rings. The summed E-state index contributed by atoms with van der Waals surface area (Å²) in [5.41, 5.74) is 1.98. The van der Waals surface area contributed by atoms with Crippen LogP contribution in [0.4, 0.5) is 10.1 Å². The lowest BCUT2D eigenvalue weighted by molar-refractivity contribution is -0.118. The van der Waals surface area contributed by atoms with E-state index in [4.69, 9.17) is 9.47 Å². The predicted octanol–water partition coefficient (Wildman–Crippen LogP) is 0.277. The quantitative estimate of drug-likeness (QED) is 0.440. The van der Waals surface area contributed by atoms with Crippen LogP contribution >= 0.6 is 0 Å². The Bertz CT molecular complexity index is 1400. The van der Waals surface area contributed by atoms with Gasteiger partial charge in [0.15, 0.2) is 23.9 Å². The average molecular weight is 496 g/mol. The molecule has 3 aliphatic heterocycles. The topological polar surface area (TPSA) is 131 Å². The summed E-state index contributed by atoms with van der Waals surface area (Å²) in [6.45, 7) is 2.75. The van der Waals surface area contributed by atoms with Gasteiger partial charge in [-0.3, -0.25) is 29.0 Å². The third kappa shape index (κ3) is 4.16. The molecule has 1 fully saturated rings. The lowest BCUT2D eigenvalue weighted by atomic mass is 10.1. The zero-order valence-electron chi connectivity index (χ0n) is 19.3. The number of hydrogen-bond acceptors (Lipinski definition) is 9. The number of carbonyl (C=O) groups is 1. The fraction of sp³-hybridized carbons (Fsp3) is 0.417. The summed E-state index contributed by atoms with van der Waals surface area (Å²) in [5.74, 6) is -0.212. The molecule has 6 heterocycles. The van der Waals surface area contributed by atoms with Crippen LogP contribution in [0, 0.1) is 11.7 Å². The molecule has 0 saturated carbocycles. The maximum absolute atomic E-state index is 14.3. The van der Waals surface area contributed by atoms with Gasteiger partial charge in [0.25, 0.3) is 11.5 Å². The predicted molar refractivity (Wildman–Crippen MR) is 126 cm³/mol. The van der Waals surface area contributed by atoms with E-state index < -0.39 is 11.9 Å². The normalized spacial score (nSPS) is 23.2. The molecule has 0 spiro atoms. The van der Waals surface area contributed by atoms with Crippen LogP contribution in [-0.2, 0) is 11.3 Å². The maximum atomic E-state index is 14.3. The largest absolute Gasteiger partial charge is 0.486 e. The highest BCUT2D eigenvalue weighted by Crippen LogP contribution is 2.33. The lowest BCUT2D eigenvalue weighted by Crippen LogP contribution is -2.40. The van der Waals surface area contributed by atoms with Crippen LogP contribution in [0.1, 0.15) is 11.7 Å². The van der Waals surface area contributed by atoms with Crippen molar-refractivity contribution < 1.29 is 23.8 Å². The number of likely N-dealkylation sites (tertiary alicyclic amines) is 1. The number of aliphatic hydroxyl groups is 1. The van der Waals surface area contributed by atoms with Gasteiger partial charge in [0.1, 0.15) is 12.1 Å². The molecule has 0 unspecified atom stereocenters.